The predicted octanol–water partition coefficient (Wildman–Crippen LogP) is -1.37. The van der Waals surface area contributed by atoms with Crippen LogP contribution in [-0.4, -0.2) is 67.2 Å². The van der Waals surface area contributed by atoms with Crippen LogP contribution in [0.3, 0.4) is 0 Å². The summed E-state index contributed by atoms with van der Waals surface area (Å²) < 4.78 is 0. The number of nitroso groups, excluding NO2 is 2. The maximum absolute atomic E-state index is 10.1. The van der Waals surface area contributed by atoms with Crippen LogP contribution in [0.1, 0.15) is 40.5 Å². The molecule has 124 valence electrons. The van der Waals surface area contributed by atoms with Gasteiger partial charge < -0.3 is 25.3 Å². The molecule has 0 radical (unpaired) electrons. The molecule has 2 N–H and O–H groups in total. The molecule has 0 heterocycles. The average Bonchev–Trinajstić information content (AvgIpc) is 2.32. The third kappa shape index (κ3) is 17.4. The van der Waals surface area contributed by atoms with Gasteiger partial charge in [-0.2, -0.15) is 9.81 Å². The largest absolute Gasteiger partial charge is 2.00 e. The zero-order chi connectivity index (χ0) is 16.3. The quantitative estimate of drug-likeness (QED) is 0.387. The van der Waals surface area contributed by atoms with Gasteiger partial charge in [-0.15, -0.1) is 0 Å². The van der Waals surface area contributed by atoms with Crippen molar-refractivity contribution in [3.8, 4) is 0 Å². The van der Waals surface area contributed by atoms with E-state index in [1.807, 2.05) is 27.7 Å². The van der Waals surface area contributed by atoms with Crippen LogP contribution < -0.4 is 10.2 Å². The molecule has 9 nitrogen and oxygen atoms in total. The summed E-state index contributed by atoms with van der Waals surface area (Å²) in [7, 11) is 0. The monoisotopic (exact) mass is 346 g/mol. The minimum atomic E-state index is -1.39. The molecule has 10 heteroatoms. The number of hydrogen-bond acceptors (Lipinski definition) is 8. The van der Waals surface area contributed by atoms with Gasteiger partial charge in [0.15, 0.2) is 0 Å². The van der Waals surface area contributed by atoms with Gasteiger partial charge in [-0.05, 0) is 24.7 Å². The van der Waals surface area contributed by atoms with Crippen LogP contribution in [0.2, 0.25) is 0 Å². The van der Waals surface area contributed by atoms with E-state index in [0.29, 0.717) is 0 Å². The fraction of sp³-hybridized carbons (Fsp3) is 0.833. The molecule has 0 saturated carbocycles. The van der Waals surface area contributed by atoms with Gasteiger partial charge >= 0.3 is 37.7 Å². The molecule has 22 heavy (non-hydrogen) atoms. The molecule has 0 unspecified atom stereocenters. The summed E-state index contributed by atoms with van der Waals surface area (Å²) >= 11 is 0. The molecule has 0 fully saturated rings. The van der Waals surface area contributed by atoms with E-state index in [4.69, 9.17) is 0 Å². The van der Waals surface area contributed by atoms with Crippen molar-refractivity contribution in [1.29, 1.82) is 0 Å². The minimum absolute atomic E-state index is 0. The van der Waals surface area contributed by atoms with Crippen molar-refractivity contribution in [2.45, 2.75) is 52.6 Å². The minimum Gasteiger partial charge on any atom is -0.548 e. The van der Waals surface area contributed by atoms with Crippen LogP contribution in [0.25, 0.3) is 0 Å². The fourth-order valence-electron chi connectivity index (χ4n) is 1.26. The third-order valence-corrected chi connectivity index (χ3v) is 2.19. The van der Waals surface area contributed by atoms with Crippen LogP contribution in [0.4, 0.5) is 0 Å². The van der Waals surface area contributed by atoms with E-state index in [1.165, 1.54) is 0 Å². The first kappa shape index (κ1) is 29.4. The molecule has 0 aromatic rings. The number of aliphatic carboxylic acids is 2. The first-order valence-electron chi connectivity index (χ1n) is 6.22. The molecule has 0 spiro atoms. The molecule has 0 aliphatic heterocycles. The Hall–Kier alpha value is -0.640. The van der Waals surface area contributed by atoms with E-state index < -0.39 is 24.0 Å². The van der Waals surface area contributed by atoms with Crippen LogP contribution in [0.5, 0.6) is 0 Å². The molecule has 0 amide bonds. The normalized spacial score (nSPS) is 11.9. The van der Waals surface area contributed by atoms with Gasteiger partial charge in [0.2, 0.25) is 0 Å². The Bertz CT molecular complexity index is 305. The van der Waals surface area contributed by atoms with E-state index >= 15 is 0 Å². The van der Waals surface area contributed by atoms with Gasteiger partial charge in [-0.1, -0.05) is 38.0 Å². The molecule has 0 aliphatic rings. The Morgan fingerprint density at radius 3 is 1.09 bits per heavy atom. The second-order valence-corrected chi connectivity index (χ2v) is 5.14. The van der Waals surface area contributed by atoms with E-state index in [0.717, 1.165) is 0 Å². The molecule has 0 aromatic heterocycles. The van der Waals surface area contributed by atoms with Crippen LogP contribution >= 0.6 is 0 Å². The van der Waals surface area contributed by atoms with Gasteiger partial charge in [0, 0.05) is 0 Å². The van der Waals surface area contributed by atoms with Crippen LogP contribution in [-0.2, 0) is 9.59 Å². The number of carbonyl (C=O) groups is 2. The van der Waals surface area contributed by atoms with Crippen molar-refractivity contribution in [1.82, 2.24) is 0 Å². The second kappa shape index (κ2) is 16.7. The van der Waals surface area contributed by atoms with E-state index in [2.05, 4.69) is 10.4 Å². The SMILES string of the molecule is CC(C)C[C@H](N=O)C(=O)[O-].CC(C)C[C@H](N=O)C(=O)[O-].O.[Ca+2]. The Labute approximate surface area is 159 Å². The standard InChI is InChI=1S/2C6H11NO3.Ca.H2O/c2*1-4(2)3-5(7-10)6(8)9;;/h2*4-5H,3H2,1-2H3,(H,8,9);;1H2/q;;+2;/p-2/t2*5-;;/m00../s1. The van der Waals surface area contributed by atoms with Crippen molar-refractivity contribution in [2.24, 2.45) is 22.2 Å². The maximum Gasteiger partial charge on any atom is 2.00 e. The average molecular weight is 346 g/mol. The Kier molecular flexibility index (Phi) is 22.3. The summed E-state index contributed by atoms with van der Waals surface area (Å²) in [5, 5.41) is 25.0. The van der Waals surface area contributed by atoms with E-state index in [1.54, 1.807) is 0 Å². The summed E-state index contributed by atoms with van der Waals surface area (Å²) in [4.78, 5) is 39.7. The Morgan fingerprint density at radius 2 is 1.05 bits per heavy atom. The second-order valence-electron chi connectivity index (χ2n) is 5.14. The number of rotatable bonds is 8. The topological polar surface area (TPSA) is 171 Å². The molecular weight excluding hydrogens is 324 g/mol. The summed E-state index contributed by atoms with van der Waals surface area (Å²) in [5.74, 6) is -2.46. The molecule has 0 aromatic carbocycles. The van der Waals surface area contributed by atoms with Crippen molar-refractivity contribution in [2.75, 3.05) is 0 Å². The van der Waals surface area contributed by atoms with E-state index in [9.17, 15) is 29.6 Å². The Morgan fingerprint density at radius 1 is 0.818 bits per heavy atom. The Balaban J connectivity index is -0.000000135. The zero-order valence-electron chi connectivity index (χ0n) is 13.3. The van der Waals surface area contributed by atoms with Gasteiger partial charge in [-0.3, -0.25) is 0 Å². The van der Waals surface area contributed by atoms with E-state index in [-0.39, 0.29) is 67.9 Å². The fourth-order valence-corrected chi connectivity index (χ4v) is 1.26. The summed E-state index contributed by atoms with van der Waals surface area (Å²) in [6.07, 6.45) is 0.512. The predicted molar refractivity (Wildman–Crippen MR) is 77.5 cm³/mol. The van der Waals surface area contributed by atoms with Crippen molar-refractivity contribution in [3.63, 3.8) is 0 Å². The smallest absolute Gasteiger partial charge is 0.548 e. The first-order valence-corrected chi connectivity index (χ1v) is 6.22. The number of nitrogens with zero attached hydrogens (tertiary/aromatic N) is 2. The maximum atomic E-state index is 10.1. The molecule has 2 atom stereocenters. The zero-order valence-corrected chi connectivity index (χ0v) is 15.5. The number of carbonyl (C=O) groups excluding carboxylic acids is 2. The molecule has 0 saturated heterocycles. The van der Waals surface area contributed by atoms with Gasteiger partial charge in [0.25, 0.3) is 0 Å². The third-order valence-electron chi connectivity index (χ3n) is 2.19. The molecule has 0 bridgehead atoms. The van der Waals surface area contributed by atoms with Gasteiger partial charge in [0.05, 0.1) is 11.9 Å². The molecule has 0 rings (SSSR count). The number of carboxylic acids is 2. The molecular formula is C12H22CaN2O7. The summed E-state index contributed by atoms with van der Waals surface area (Å²) in [5.41, 5.74) is 0. The first-order chi connectivity index (χ1) is 9.15. The molecule has 0 aliphatic carbocycles. The van der Waals surface area contributed by atoms with Crippen molar-refractivity contribution in [3.05, 3.63) is 9.81 Å². The van der Waals surface area contributed by atoms with Crippen LogP contribution in [0.15, 0.2) is 10.4 Å². The van der Waals surface area contributed by atoms with Crippen molar-refractivity contribution < 1.29 is 25.3 Å². The summed E-state index contributed by atoms with van der Waals surface area (Å²) in [6.45, 7) is 7.28. The number of hydrogen-bond donors (Lipinski definition) is 0. The van der Waals surface area contributed by atoms with Crippen LogP contribution in [0, 0.1) is 21.6 Å². The summed E-state index contributed by atoms with van der Waals surface area (Å²) in [6, 6.07) is -2.36. The number of carboxylic acid groups (broad SMARTS) is 2. The van der Waals surface area contributed by atoms with Gasteiger partial charge in [0.1, 0.15) is 12.1 Å². The van der Waals surface area contributed by atoms with Gasteiger partial charge in [-0.25, -0.2) is 0 Å². The van der Waals surface area contributed by atoms with Crippen molar-refractivity contribution >= 4 is 49.7 Å².